The Morgan fingerprint density at radius 2 is 1.83 bits per heavy atom. The number of carbonyl (C=O) groups excluding carboxylic acids is 2. The lowest BCUT2D eigenvalue weighted by atomic mass is 10.3. The summed E-state index contributed by atoms with van der Waals surface area (Å²) in [6.45, 7) is 0. The Balaban J connectivity index is 1.58. The second-order valence-corrected chi connectivity index (χ2v) is 7.11. The highest BCUT2D eigenvalue weighted by molar-refractivity contribution is 8.01. The van der Waals surface area contributed by atoms with Gasteiger partial charge in [-0.05, 0) is 30.3 Å². The molecule has 2 aromatic carbocycles. The van der Waals surface area contributed by atoms with E-state index in [1.54, 1.807) is 35.6 Å². The largest absolute Gasteiger partial charge is 0.351 e. The lowest BCUT2D eigenvalue weighted by molar-refractivity contribution is -0.113. The van der Waals surface area contributed by atoms with Crippen LogP contribution in [0.5, 0.6) is 0 Å². The van der Waals surface area contributed by atoms with Crippen LogP contribution in [0.3, 0.4) is 0 Å². The molecule has 3 rings (SSSR count). The van der Waals surface area contributed by atoms with E-state index in [0.717, 1.165) is 14.6 Å². The molecule has 0 fully saturated rings. The second-order valence-electron chi connectivity index (χ2n) is 4.85. The molecule has 0 atom stereocenters. The monoisotopic (exact) mass is 358 g/mol. The molecular formula is C16H14N4O2S2. The van der Waals surface area contributed by atoms with E-state index in [4.69, 9.17) is 5.73 Å². The molecule has 0 bridgehead atoms. The summed E-state index contributed by atoms with van der Waals surface area (Å²) < 4.78 is 1.96. The first-order chi connectivity index (χ1) is 11.6. The van der Waals surface area contributed by atoms with Gasteiger partial charge in [-0.2, -0.15) is 0 Å². The number of amides is 3. The summed E-state index contributed by atoms with van der Waals surface area (Å²) in [7, 11) is 0. The van der Waals surface area contributed by atoms with Crippen molar-refractivity contribution >= 4 is 56.6 Å². The molecule has 0 aliphatic rings. The van der Waals surface area contributed by atoms with Crippen molar-refractivity contribution in [3.63, 3.8) is 0 Å². The van der Waals surface area contributed by atoms with Gasteiger partial charge in [-0.3, -0.25) is 4.79 Å². The van der Waals surface area contributed by atoms with E-state index in [9.17, 15) is 9.59 Å². The summed E-state index contributed by atoms with van der Waals surface area (Å²) in [5, 5.41) is 5.25. The fourth-order valence-corrected chi connectivity index (χ4v) is 3.92. The highest BCUT2D eigenvalue weighted by atomic mass is 32.2. The van der Waals surface area contributed by atoms with Gasteiger partial charge < -0.3 is 16.4 Å². The van der Waals surface area contributed by atoms with Gasteiger partial charge in [-0.25, -0.2) is 9.78 Å². The SMILES string of the molecule is NC(=O)Nc1cccc(NC(=O)CSc2nc3ccccc3s2)c1. The lowest BCUT2D eigenvalue weighted by Gasteiger charge is -2.07. The molecule has 1 heterocycles. The fraction of sp³-hybridized carbons (Fsp3) is 0.0625. The number of primary amides is 1. The highest BCUT2D eigenvalue weighted by Gasteiger charge is 2.08. The van der Waals surface area contributed by atoms with Gasteiger partial charge >= 0.3 is 6.03 Å². The number of fused-ring (bicyclic) bond motifs is 1. The van der Waals surface area contributed by atoms with Crippen LogP contribution in [-0.4, -0.2) is 22.7 Å². The van der Waals surface area contributed by atoms with Crippen molar-refractivity contribution in [1.82, 2.24) is 4.98 Å². The van der Waals surface area contributed by atoms with Crippen LogP contribution in [0.4, 0.5) is 16.2 Å². The highest BCUT2D eigenvalue weighted by Crippen LogP contribution is 2.29. The molecule has 1 aromatic heterocycles. The normalized spacial score (nSPS) is 10.5. The molecule has 0 unspecified atom stereocenters. The van der Waals surface area contributed by atoms with E-state index in [-0.39, 0.29) is 11.7 Å². The molecule has 3 amide bonds. The maximum Gasteiger partial charge on any atom is 0.316 e. The summed E-state index contributed by atoms with van der Waals surface area (Å²) >= 11 is 2.96. The number of nitrogens with two attached hydrogens (primary N) is 1. The number of nitrogens with zero attached hydrogens (tertiary/aromatic N) is 1. The standard InChI is InChI=1S/C16H14N4O2S2/c17-15(22)19-11-5-3-4-10(8-11)18-14(21)9-23-16-20-12-6-1-2-7-13(12)24-16/h1-8H,9H2,(H,18,21)(H3,17,19,22). The first kappa shape index (κ1) is 16.3. The molecule has 6 nitrogen and oxygen atoms in total. The van der Waals surface area contributed by atoms with Gasteiger partial charge in [0.25, 0.3) is 0 Å². The zero-order valence-electron chi connectivity index (χ0n) is 12.5. The molecule has 3 aromatic rings. The van der Waals surface area contributed by atoms with Gasteiger partial charge in [0.15, 0.2) is 4.34 Å². The Morgan fingerprint density at radius 1 is 1.08 bits per heavy atom. The molecule has 8 heteroatoms. The number of rotatable bonds is 5. The predicted molar refractivity (Wildman–Crippen MR) is 98.6 cm³/mol. The molecule has 0 radical (unpaired) electrons. The van der Waals surface area contributed by atoms with Crippen molar-refractivity contribution in [2.45, 2.75) is 4.34 Å². The van der Waals surface area contributed by atoms with Crippen molar-refractivity contribution in [3.8, 4) is 0 Å². The summed E-state index contributed by atoms with van der Waals surface area (Å²) in [6, 6.07) is 14.0. The molecule has 0 spiro atoms. The van der Waals surface area contributed by atoms with Gasteiger partial charge in [-0.15, -0.1) is 11.3 Å². The van der Waals surface area contributed by atoms with Gasteiger partial charge in [0, 0.05) is 11.4 Å². The van der Waals surface area contributed by atoms with E-state index in [1.165, 1.54) is 11.8 Å². The van der Waals surface area contributed by atoms with Crippen LogP contribution in [-0.2, 0) is 4.79 Å². The zero-order chi connectivity index (χ0) is 16.9. The first-order valence-electron chi connectivity index (χ1n) is 7.05. The third-order valence-corrected chi connectivity index (χ3v) is 5.19. The number of thiazole rings is 1. The van der Waals surface area contributed by atoms with Crippen LogP contribution in [0, 0.1) is 0 Å². The number of hydrogen-bond acceptors (Lipinski definition) is 5. The summed E-state index contributed by atoms with van der Waals surface area (Å²) in [6.07, 6.45) is 0. The number of para-hydroxylation sites is 1. The number of aromatic nitrogens is 1. The molecule has 122 valence electrons. The van der Waals surface area contributed by atoms with Crippen LogP contribution in [0.1, 0.15) is 0 Å². The Morgan fingerprint density at radius 3 is 2.58 bits per heavy atom. The van der Waals surface area contributed by atoms with Crippen molar-refractivity contribution in [3.05, 3.63) is 48.5 Å². The van der Waals surface area contributed by atoms with Crippen LogP contribution in [0.15, 0.2) is 52.9 Å². The maximum atomic E-state index is 12.1. The smallest absolute Gasteiger partial charge is 0.316 e. The minimum absolute atomic E-state index is 0.143. The Kier molecular flexibility index (Phi) is 4.97. The molecule has 4 N–H and O–H groups in total. The molecule has 0 aliphatic carbocycles. The fourth-order valence-electron chi connectivity index (χ4n) is 2.05. The van der Waals surface area contributed by atoms with Gasteiger partial charge in [0.1, 0.15) is 0 Å². The van der Waals surface area contributed by atoms with Crippen molar-refractivity contribution in [2.75, 3.05) is 16.4 Å². The topological polar surface area (TPSA) is 97.1 Å². The number of thioether (sulfide) groups is 1. The van der Waals surface area contributed by atoms with E-state index in [0.29, 0.717) is 11.4 Å². The minimum Gasteiger partial charge on any atom is -0.351 e. The van der Waals surface area contributed by atoms with Crippen LogP contribution in [0.2, 0.25) is 0 Å². The Labute approximate surface area is 146 Å². The second kappa shape index (κ2) is 7.33. The predicted octanol–water partition coefficient (Wildman–Crippen LogP) is 3.52. The molecule has 0 saturated carbocycles. The number of hydrogen-bond donors (Lipinski definition) is 3. The number of urea groups is 1. The van der Waals surface area contributed by atoms with E-state index in [2.05, 4.69) is 15.6 Å². The summed E-state index contributed by atoms with van der Waals surface area (Å²) in [5.74, 6) is 0.114. The quantitative estimate of drug-likeness (QED) is 0.608. The third kappa shape index (κ3) is 4.24. The molecule has 24 heavy (non-hydrogen) atoms. The van der Waals surface area contributed by atoms with E-state index < -0.39 is 6.03 Å². The Bertz CT molecular complexity index is 861. The number of nitrogens with one attached hydrogen (secondary N) is 2. The van der Waals surface area contributed by atoms with Crippen molar-refractivity contribution in [2.24, 2.45) is 5.73 Å². The summed E-state index contributed by atoms with van der Waals surface area (Å²) in [4.78, 5) is 27.4. The van der Waals surface area contributed by atoms with Crippen molar-refractivity contribution in [1.29, 1.82) is 0 Å². The number of benzene rings is 2. The minimum atomic E-state index is -0.648. The maximum absolute atomic E-state index is 12.1. The first-order valence-corrected chi connectivity index (χ1v) is 8.85. The van der Waals surface area contributed by atoms with Crippen LogP contribution >= 0.6 is 23.1 Å². The van der Waals surface area contributed by atoms with Gasteiger partial charge in [-0.1, -0.05) is 30.0 Å². The summed E-state index contributed by atoms with van der Waals surface area (Å²) in [5.41, 5.74) is 7.13. The average Bonchev–Trinajstić information content (AvgIpc) is 2.95. The van der Waals surface area contributed by atoms with E-state index >= 15 is 0 Å². The van der Waals surface area contributed by atoms with Crippen LogP contribution < -0.4 is 16.4 Å². The zero-order valence-corrected chi connectivity index (χ0v) is 14.1. The van der Waals surface area contributed by atoms with Gasteiger partial charge in [0.2, 0.25) is 5.91 Å². The van der Waals surface area contributed by atoms with Gasteiger partial charge in [0.05, 0.1) is 16.0 Å². The molecule has 0 aliphatic heterocycles. The lowest BCUT2D eigenvalue weighted by Crippen LogP contribution is -2.19. The Hall–Kier alpha value is -2.58. The van der Waals surface area contributed by atoms with Crippen LogP contribution in [0.25, 0.3) is 10.2 Å². The third-order valence-electron chi connectivity index (χ3n) is 3.01. The van der Waals surface area contributed by atoms with E-state index in [1.807, 2.05) is 24.3 Å². The average molecular weight is 358 g/mol. The van der Waals surface area contributed by atoms with Crippen molar-refractivity contribution < 1.29 is 9.59 Å². The number of carbonyl (C=O) groups is 2. The molecule has 0 saturated heterocycles. The molecular weight excluding hydrogens is 344 g/mol. The number of anilines is 2.